The molecule has 0 nitrogen and oxygen atoms in total. The molecule has 0 spiro atoms. The number of allylic oxidation sites excluding steroid dienone is 3. The fourth-order valence-electron chi connectivity index (χ4n) is 5.84. The Labute approximate surface area is 183 Å². The lowest BCUT2D eigenvalue weighted by Crippen LogP contribution is -2.25. The fraction of sp³-hybridized carbons (Fsp3) is 0.643. The molecule has 0 radical (unpaired) electrons. The molecule has 3 rings (SSSR count). The Kier molecular flexibility index (Phi) is 10.3. The average Bonchev–Trinajstić information content (AvgIpc) is 2.78. The number of benzene rings is 1. The van der Waals surface area contributed by atoms with Crippen LogP contribution < -0.4 is 5.19 Å². The zero-order valence-corrected chi connectivity index (χ0v) is 20.2. The van der Waals surface area contributed by atoms with Gasteiger partial charge in [0.15, 0.2) is 0 Å². The van der Waals surface area contributed by atoms with Crippen molar-refractivity contribution in [1.29, 1.82) is 0 Å². The summed E-state index contributed by atoms with van der Waals surface area (Å²) in [5.41, 5.74) is 0. The van der Waals surface area contributed by atoms with Crippen molar-refractivity contribution in [1.82, 2.24) is 0 Å². The van der Waals surface area contributed by atoms with Crippen LogP contribution in [0, 0.1) is 23.7 Å². The summed E-state index contributed by atoms with van der Waals surface area (Å²) >= 11 is 0. The molecule has 0 aromatic heterocycles. The standard InChI is InChI=1S/C28H44Si/c1-2-3-4-6-11-24-15-19-26(20-16-24)27-21-17-25(18-22-27)12-9-10-23-29-28-13-7-5-8-14-28/h2,5-8,11,13-14,24-27H,1,3-4,9-10,12,15-23,29H2/b11-6+. The van der Waals surface area contributed by atoms with Gasteiger partial charge in [0.2, 0.25) is 0 Å². The van der Waals surface area contributed by atoms with Gasteiger partial charge in [-0.15, -0.1) is 6.58 Å². The quantitative estimate of drug-likeness (QED) is 0.206. The molecule has 1 heteroatoms. The van der Waals surface area contributed by atoms with Crippen molar-refractivity contribution < 1.29 is 0 Å². The molecule has 0 N–H and O–H groups in total. The minimum Gasteiger partial charge on any atom is -0.103 e. The van der Waals surface area contributed by atoms with Crippen molar-refractivity contribution in [2.45, 2.75) is 89.5 Å². The summed E-state index contributed by atoms with van der Waals surface area (Å²) in [5.74, 6) is 4.02. The molecule has 29 heavy (non-hydrogen) atoms. The Bertz CT molecular complexity index is 574. The van der Waals surface area contributed by atoms with Crippen molar-refractivity contribution >= 4 is 14.7 Å². The minimum atomic E-state index is -0.00426. The van der Waals surface area contributed by atoms with Gasteiger partial charge in [-0.2, -0.15) is 0 Å². The molecule has 0 atom stereocenters. The smallest absolute Gasteiger partial charge is 0.0547 e. The molecule has 1 aromatic rings. The van der Waals surface area contributed by atoms with Gasteiger partial charge in [-0.1, -0.05) is 91.9 Å². The van der Waals surface area contributed by atoms with Gasteiger partial charge in [0, 0.05) is 0 Å². The van der Waals surface area contributed by atoms with Crippen molar-refractivity contribution in [2.24, 2.45) is 23.7 Å². The number of hydrogen-bond acceptors (Lipinski definition) is 0. The second kappa shape index (κ2) is 13.3. The van der Waals surface area contributed by atoms with Crippen LogP contribution in [0.3, 0.4) is 0 Å². The maximum absolute atomic E-state index is 3.82. The van der Waals surface area contributed by atoms with Crippen molar-refractivity contribution in [3.05, 3.63) is 55.1 Å². The van der Waals surface area contributed by atoms with E-state index in [2.05, 4.69) is 49.1 Å². The van der Waals surface area contributed by atoms with Gasteiger partial charge in [0.05, 0.1) is 9.52 Å². The molecule has 0 saturated heterocycles. The van der Waals surface area contributed by atoms with Crippen LogP contribution in [0.5, 0.6) is 0 Å². The third-order valence-electron chi connectivity index (χ3n) is 7.74. The lowest BCUT2D eigenvalue weighted by molar-refractivity contribution is 0.151. The third kappa shape index (κ3) is 8.28. The first-order chi connectivity index (χ1) is 14.3. The largest absolute Gasteiger partial charge is 0.103 e. The Morgan fingerprint density at radius 2 is 1.52 bits per heavy atom. The summed E-state index contributed by atoms with van der Waals surface area (Å²) in [7, 11) is -0.00426. The van der Waals surface area contributed by atoms with E-state index in [1.165, 1.54) is 83.1 Å². The van der Waals surface area contributed by atoms with E-state index in [0.29, 0.717) is 0 Å². The van der Waals surface area contributed by atoms with Crippen LogP contribution in [-0.2, 0) is 0 Å². The van der Waals surface area contributed by atoms with Crippen LogP contribution in [-0.4, -0.2) is 9.52 Å². The van der Waals surface area contributed by atoms with E-state index < -0.39 is 0 Å². The van der Waals surface area contributed by atoms with Gasteiger partial charge < -0.3 is 0 Å². The molecule has 0 bridgehead atoms. The maximum atomic E-state index is 3.82. The highest BCUT2D eigenvalue weighted by Gasteiger charge is 2.30. The molecule has 0 heterocycles. The predicted molar refractivity (Wildman–Crippen MR) is 133 cm³/mol. The van der Waals surface area contributed by atoms with Crippen molar-refractivity contribution in [3.8, 4) is 0 Å². The van der Waals surface area contributed by atoms with E-state index in [4.69, 9.17) is 0 Å². The number of hydrogen-bond donors (Lipinski definition) is 0. The van der Waals surface area contributed by atoms with E-state index in [0.717, 1.165) is 30.1 Å². The molecule has 1 aromatic carbocycles. The topological polar surface area (TPSA) is 0 Å². The van der Waals surface area contributed by atoms with E-state index in [1.807, 2.05) is 6.08 Å². The predicted octanol–water partition coefficient (Wildman–Crippen LogP) is 7.20. The zero-order chi connectivity index (χ0) is 20.2. The van der Waals surface area contributed by atoms with Crippen LogP contribution in [0.1, 0.15) is 83.5 Å². The van der Waals surface area contributed by atoms with Crippen LogP contribution in [0.25, 0.3) is 0 Å². The first-order valence-corrected chi connectivity index (χ1v) is 14.4. The molecule has 2 fully saturated rings. The van der Waals surface area contributed by atoms with Gasteiger partial charge >= 0.3 is 0 Å². The lowest BCUT2D eigenvalue weighted by atomic mass is 9.68. The Morgan fingerprint density at radius 1 is 0.828 bits per heavy atom. The van der Waals surface area contributed by atoms with Crippen LogP contribution >= 0.6 is 0 Å². The zero-order valence-electron chi connectivity index (χ0n) is 18.7. The molecular weight excluding hydrogens is 364 g/mol. The summed E-state index contributed by atoms with van der Waals surface area (Å²) in [6.07, 6.45) is 25.7. The molecule has 160 valence electrons. The van der Waals surface area contributed by atoms with Gasteiger partial charge in [0.25, 0.3) is 0 Å². The molecule has 0 amide bonds. The van der Waals surface area contributed by atoms with Crippen molar-refractivity contribution in [2.75, 3.05) is 0 Å². The Hall–Kier alpha value is -1.08. The molecule has 0 unspecified atom stereocenters. The summed E-state index contributed by atoms with van der Waals surface area (Å²) in [6.45, 7) is 3.82. The van der Waals surface area contributed by atoms with Gasteiger partial charge in [0.1, 0.15) is 0 Å². The number of unbranched alkanes of at least 4 members (excludes halogenated alkanes) is 2. The summed E-state index contributed by atoms with van der Waals surface area (Å²) in [5, 5.41) is 1.65. The molecule has 2 saturated carbocycles. The van der Waals surface area contributed by atoms with E-state index >= 15 is 0 Å². The second-order valence-electron chi connectivity index (χ2n) is 9.83. The van der Waals surface area contributed by atoms with Gasteiger partial charge in [-0.05, 0) is 75.0 Å². The second-order valence-corrected chi connectivity index (χ2v) is 11.9. The summed E-state index contributed by atoms with van der Waals surface area (Å²) < 4.78 is 0. The summed E-state index contributed by atoms with van der Waals surface area (Å²) in [6, 6.07) is 12.7. The molecule has 0 aliphatic heterocycles. The van der Waals surface area contributed by atoms with Gasteiger partial charge in [-0.25, -0.2) is 0 Å². The van der Waals surface area contributed by atoms with E-state index in [-0.39, 0.29) is 9.52 Å². The highest BCUT2D eigenvalue weighted by atomic mass is 28.2. The molecular formula is C28H44Si. The van der Waals surface area contributed by atoms with Crippen molar-refractivity contribution in [3.63, 3.8) is 0 Å². The minimum absolute atomic E-state index is 0.00426. The Morgan fingerprint density at radius 3 is 2.21 bits per heavy atom. The van der Waals surface area contributed by atoms with Crippen LogP contribution in [0.2, 0.25) is 6.04 Å². The molecule has 2 aliphatic rings. The first kappa shape index (κ1) is 22.6. The van der Waals surface area contributed by atoms with Crippen LogP contribution in [0.15, 0.2) is 55.1 Å². The monoisotopic (exact) mass is 408 g/mol. The normalized spacial score (nSPS) is 28.3. The fourth-order valence-corrected chi connectivity index (χ4v) is 7.46. The van der Waals surface area contributed by atoms with Gasteiger partial charge in [-0.3, -0.25) is 0 Å². The highest BCUT2D eigenvalue weighted by Crippen LogP contribution is 2.42. The van der Waals surface area contributed by atoms with Crippen LogP contribution in [0.4, 0.5) is 0 Å². The third-order valence-corrected chi connectivity index (χ3v) is 9.64. The maximum Gasteiger partial charge on any atom is 0.0547 e. The SMILES string of the molecule is C=CCC/C=C/C1CCC(C2CCC(CCCC[SiH2]c3ccccc3)CC2)CC1. The van der Waals surface area contributed by atoms with E-state index in [1.54, 1.807) is 5.19 Å². The Balaban J connectivity index is 1.23. The highest BCUT2D eigenvalue weighted by molar-refractivity contribution is 6.53. The number of rotatable bonds is 11. The average molecular weight is 409 g/mol. The first-order valence-electron chi connectivity index (χ1n) is 12.7. The lowest BCUT2D eigenvalue weighted by Gasteiger charge is -2.37. The molecule has 2 aliphatic carbocycles. The summed E-state index contributed by atoms with van der Waals surface area (Å²) in [4.78, 5) is 0. The van der Waals surface area contributed by atoms with E-state index in [9.17, 15) is 0 Å².